The van der Waals surface area contributed by atoms with Crippen LogP contribution in [0.25, 0.3) is 6.08 Å². The second kappa shape index (κ2) is 7.40. The van der Waals surface area contributed by atoms with Gasteiger partial charge in [-0.3, -0.25) is 0 Å². The lowest BCUT2D eigenvalue weighted by molar-refractivity contribution is 1.01. The predicted molar refractivity (Wildman–Crippen MR) is 106 cm³/mol. The Morgan fingerprint density at radius 1 is 1.16 bits per heavy atom. The van der Waals surface area contributed by atoms with E-state index in [1.165, 1.54) is 0 Å². The van der Waals surface area contributed by atoms with Crippen molar-refractivity contribution in [3.05, 3.63) is 71.4 Å². The molecule has 1 aliphatic heterocycles. The Labute approximate surface area is 152 Å². The van der Waals surface area contributed by atoms with Crippen molar-refractivity contribution in [3.8, 4) is 0 Å². The Morgan fingerprint density at radius 2 is 1.92 bits per heavy atom. The van der Waals surface area contributed by atoms with Gasteiger partial charge < -0.3 is 15.5 Å². The molecule has 1 aromatic carbocycles. The highest BCUT2D eigenvalue weighted by Crippen LogP contribution is 2.32. The number of rotatable bonds is 6. The largest absolute Gasteiger partial charge is 0.365 e. The van der Waals surface area contributed by atoms with Gasteiger partial charge in [-0.05, 0) is 29.8 Å². The van der Waals surface area contributed by atoms with E-state index in [9.17, 15) is 0 Å². The summed E-state index contributed by atoms with van der Waals surface area (Å²) in [6, 6.07) is 7.73. The van der Waals surface area contributed by atoms with E-state index in [2.05, 4.69) is 33.8 Å². The summed E-state index contributed by atoms with van der Waals surface area (Å²) >= 11 is 5.94. The van der Waals surface area contributed by atoms with Crippen molar-refractivity contribution < 1.29 is 0 Å². The minimum absolute atomic E-state index is 0.548. The maximum Gasteiger partial charge on any atom is 0.226 e. The minimum atomic E-state index is 0.548. The summed E-state index contributed by atoms with van der Waals surface area (Å²) in [5.41, 5.74) is 2.94. The van der Waals surface area contributed by atoms with Gasteiger partial charge in [-0.2, -0.15) is 9.97 Å². The summed E-state index contributed by atoms with van der Waals surface area (Å²) in [5.74, 6) is 2.13. The average molecular weight is 354 g/mol. The van der Waals surface area contributed by atoms with Crippen LogP contribution in [0, 0.1) is 0 Å². The van der Waals surface area contributed by atoms with E-state index in [4.69, 9.17) is 11.6 Å². The fourth-order valence-electron chi connectivity index (χ4n) is 2.46. The van der Waals surface area contributed by atoms with E-state index < -0.39 is 0 Å². The molecule has 0 unspecified atom stereocenters. The molecule has 0 fully saturated rings. The number of halogens is 1. The standard InChI is InChI=1S/C19H20ClN5/c1-4-11-21-19-23-17(22-12-14-6-8-15(20)9-7-14)16-10-5-13(2)25(3)18(16)24-19/h4-10H,1-2,11-12H2,3H3,(H2,21,22,23,24). The lowest BCUT2D eigenvalue weighted by atomic mass is 10.1. The molecule has 2 heterocycles. The first kappa shape index (κ1) is 17.0. The summed E-state index contributed by atoms with van der Waals surface area (Å²) in [6.07, 6.45) is 5.71. The van der Waals surface area contributed by atoms with E-state index in [1.54, 1.807) is 6.08 Å². The van der Waals surface area contributed by atoms with Gasteiger partial charge in [0.2, 0.25) is 5.95 Å². The summed E-state index contributed by atoms with van der Waals surface area (Å²) in [5, 5.41) is 7.27. The highest BCUT2D eigenvalue weighted by Gasteiger charge is 2.20. The zero-order valence-corrected chi connectivity index (χ0v) is 14.8. The maximum atomic E-state index is 5.94. The Hall–Kier alpha value is -2.79. The SMILES string of the molecule is C=CCNc1nc(NCc2ccc(Cl)cc2)c2c(n1)N(C)C(=C)C=C2. The Morgan fingerprint density at radius 3 is 2.64 bits per heavy atom. The van der Waals surface area contributed by atoms with Crippen LogP contribution >= 0.6 is 11.6 Å². The molecule has 0 aliphatic carbocycles. The van der Waals surface area contributed by atoms with Gasteiger partial charge in [0.15, 0.2) is 0 Å². The van der Waals surface area contributed by atoms with Gasteiger partial charge in [0.1, 0.15) is 11.6 Å². The van der Waals surface area contributed by atoms with Crippen LogP contribution in [0.2, 0.25) is 5.02 Å². The third kappa shape index (κ3) is 3.83. The summed E-state index contributed by atoms with van der Waals surface area (Å²) in [4.78, 5) is 11.1. The number of anilines is 3. The number of aromatic nitrogens is 2. The Kier molecular flexibility index (Phi) is 5.05. The van der Waals surface area contributed by atoms with Crippen LogP contribution in [-0.2, 0) is 6.54 Å². The molecule has 2 aromatic rings. The van der Waals surface area contributed by atoms with Gasteiger partial charge in [-0.15, -0.1) is 6.58 Å². The van der Waals surface area contributed by atoms with Gasteiger partial charge in [0.25, 0.3) is 0 Å². The third-order valence-corrected chi connectivity index (χ3v) is 4.15. The van der Waals surface area contributed by atoms with Gasteiger partial charge in [-0.1, -0.05) is 36.4 Å². The van der Waals surface area contributed by atoms with Gasteiger partial charge in [0, 0.05) is 30.9 Å². The zero-order valence-electron chi connectivity index (χ0n) is 14.1. The summed E-state index contributed by atoms with van der Waals surface area (Å²) in [7, 11) is 1.94. The first-order valence-corrected chi connectivity index (χ1v) is 8.32. The fourth-order valence-corrected chi connectivity index (χ4v) is 2.59. The Balaban J connectivity index is 1.91. The molecule has 1 aromatic heterocycles. The molecule has 0 saturated heterocycles. The van der Waals surface area contributed by atoms with Crippen molar-refractivity contribution in [2.45, 2.75) is 6.54 Å². The zero-order chi connectivity index (χ0) is 17.8. The van der Waals surface area contributed by atoms with Crippen LogP contribution in [0.3, 0.4) is 0 Å². The first-order chi connectivity index (χ1) is 12.1. The van der Waals surface area contributed by atoms with Crippen LogP contribution in [0.4, 0.5) is 17.6 Å². The number of nitrogens with one attached hydrogen (secondary N) is 2. The van der Waals surface area contributed by atoms with Crippen molar-refractivity contribution in [1.82, 2.24) is 9.97 Å². The van der Waals surface area contributed by atoms with Crippen molar-refractivity contribution in [2.24, 2.45) is 0 Å². The highest BCUT2D eigenvalue weighted by molar-refractivity contribution is 6.30. The molecule has 1 aliphatic rings. The fraction of sp³-hybridized carbons (Fsp3) is 0.158. The third-order valence-electron chi connectivity index (χ3n) is 3.89. The molecule has 0 saturated carbocycles. The van der Waals surface area contributed by atoms with Crippen LogP contribution < -0.4 is 15.5 Å². The number of nitrogens with zero attached hydrogens (tertiary/aromatic N) is 3. The normalized spacial score (nSPS) is 12.7. The van der Waals surface area contributed by atoms with E-state index in [1.807, 2.05) is 48.4 Å². The Bertz CT molecular complexity index is 826. The van der Waals surface area contributed by atoms with Crippen molar-refractivity contribution in [2.75, 3.05) is 29.1 Å². The molecule has 6 heteroatoms. The molecular formula is C19H20ClN5. The summed E-state index contributed by atoms with van der Waals surface area (Å²) in [6.45, 7) is 8.97. The van der Waals surface area contributed by atoms with Crippen LogP contribution in [0.1, 0.15) is 11.1 Å². The van der Waals surface area contributed by atoms with Crippen molar-refractivity contribution in [1.29, 1.82) is 0 Å². The molecule has 0 spiro atoms. The number of benzene rings is 1. The maximum absolute atomic E-state index is 5.94. The minimum Gasteiger partial charge on any atom is -0.365 e. The summed E-state index contributed by atoms with van der Waals surface area (Å²) < 4.78 is 0. The molecule has 0 amide bonds. The number of hydrogen-bond acceptors (Lipinski definition) is 5. The smallest absolute Gasteiger partial charge is 0.226 e. The second-order valence-corrected chi connectivity index (χ2v) is 6.10. The topological polar surface area (TPSA) is 53.1 Å². The van der Waals surface area contributed by atoms with Crippen LogP contribution in [0.15, 0.2) is 55.3 Å². The van der Waals surface area contributed by atoms with Gasteiger partial charge in [-0.25, -0.2) is 0 Å². The predicted octanol–water partition coefficient (Wildman–Crippen LogP) is 4.32. The lowest BCUT2D eigenvalue weighted by Crippen LogP contribution is -2.22. The van der Waals surface area contributed by atoms with E-state index in [-0.39, 0.29) is 0 Å². The molecule has 0 bridgehead atoms. The van der Waals surface area contributed by atoms with E-state index in [0.717, 1.165) is 33.5 Å². The molecule has 5 nitrogen and oxygen atoms in total. The first-order valence-electron chi connectivity index (χ1n) is 7.94. The molecular weight excluding hydrogens is 334 g/mol. The lowest BCUT2D eigenvalue weighted by Gasteiger charge is -2.26. The van der Waals surface area contributed by atoms with E-state index in [0.29, 0.717) is 19.0 Å². The van der Waals surface area contributed by atoms with E-state index >= 15 is 0 Å². The molecule has 25 heavy (non-hydrogen) atoms. The van der Waals surface area contributed by atoms with Gasteiger partial charge in [0.05, 0.1) is 5.56 Å². The number of hydrogen-bond donors (Lipinski definition) is 2. The molecule has 0 atom stereocenters. The average Bonchev–Trinajstić information content (AvgIpc) is 2.62. The highest BCUT2D eigenvalue weighted by atomic mass is 35.5. The molecule has 0 radical (unpaired) electrons. The number of likely N-dealkylation sites (N-methyl/N-ethyl adjacent to an activating group) is 1. The molecule has 3 rings (SSSR count). The van der Waals surface area contributed by atoms with Crippen molar-refractivity contribution in [3.63, 3.8) is 0 Å². The quantitative estimate of drug-likeness (QED) is 0.757. The van der Waals surface area contributed by atoms with Crippen molar-refractivity contribution >= 4 is 35.3 Å². The van der Waals surface area contributed by atoms with Crippen LogP contribution in [0.5, 0.6) is 0 Å². The molecule has 128 valence electrons. The van der Waals surface area contributed by atoms with Gasteiger partial charge >= 0.3 is 0 Å². The number of fused-ring (bicyclic) bond motifs is 1. The number of allylic oxidation sites excluding steroid dienone is 1. The molecule has 2 N–H and O–H groups in total. The van der Waals surface area contributed by atoms with Crippen LogP contribution in [-0.4, -0.2) is 23.6 Å². The second-order valence-electron chi connectivity index (χ2n) is 5.67. The monoisotopic (exact) mass is 353 g/mol.